The maximum atomic E-state index is 6.26. The van der Waals surface area contributed by atoms with Crippen molar-refractivity contribution in [3.63, 3.8) is 0 Å². The van der Waals surface area contributed by atoms with Crippen LogP contribution in [-0.4, -0.2) is 0 Å². The van der Waals surface area contributed by atoms with Crippen LogP contribution in [0.15, 0.2) is 90.6 Å². The molecule has 2 nitrogen and oxygen atoms in total. The lowest BCUT2D eigenvalue weighted by Gasteiger charge is -2.03. The first kappa shape index (κ1) is 16.9. The van der Waals surface area contributed by atoms with Crippen LogP contribution in [0.1, 0.15) is 0 Å². The third kappa shape index (κ3) is 2.13. The molecule has 5 aromatic carbocycles. The highest BCUT2D eigenvalue weighted by molar-refractivity contribution is 9.11. The van der Waals surface area contributed by atoms with E-state index in [1.54, 1.807) is 0 Å². The Hall–Kier alpha value is -2.82. The minimum atomic E-state index is 0.836. The summed E-state index contributed by atoms with van der Waals surface area (Å²) in [7, 11) is 0. The summed E-state index contributed by atoms with van der Waals surface area (Å²) in [5.74, 6) is 0. The van der Waals surface area contributed by atoms with Crippen molar-refractivity contribution in [2.24, 2.45) is 0 Å². The monoisotopic (exact) mass is 514 g/mol. The molecule has 7 aromatic rings. The molecular formula is C26H12Br2O2. The normalized spacial score (nSPS) is 12.3. The molecule has 2 aromatic heterocycles. The van der Waals surface area contributed by atoms with E-state index in [2.05, 4.69) is 98.6 Å². The summed E-state index contributed by atoms with van der Waals surface area (Å²) in [6.07, 6.45) is 0. The quantitative estimate of drug-likeness (QED) is 0.201. The Balaban J connectivity index is 1.73. The molecule has 30 heavy (non-hydrogen) atoms. The van der Waals surface area contributed by atoms with E-state index in [4.69, 9.17) is 8.83 Å². The summed E-state index contributed by atoms with van der Waals surface area (Å²) >= 11 is 7.39. The van der Waals surface area contributed by atoms with Gasteiger partial charge in [0.05, 0.1) is 0 Å². The molecule has 0 radical (unpaired) electrons. The molecule has 0 fully saturated rings. The van der Waals surface area contributed by atoms with E-state index in [0.717, 1.165) is 52.8 Å². The molecule has 0 N–H and O–H groups in total. The highest BCUT2D eigenvalue weighted by Gasteiger charge is 2.18. The van der Waals surface area contributed by atoms with Gasteiger partial charge in [-0.3, -0.25) is 0 Å². The summed E-state index contributed by atoms with van der Waals surface area (Å²) in [4.78, 5) is 0. The van der Waals surface area contributed by atoms with Crippen LogP contribution in [-0.2, 0) is 0 Å². The van der Waals surface area contributed by atoms with Gasteiger partial charge in [0.2, 0.25) is 0 Å². The molecule has 0 unspecified atom stereocenters. The fourth-order valence-corrected chi connectivity index (χ4v) is 5.80. The number of fused-ring (bicyclic) bond motifs is 10. The summed E-state index contributed by atoms with van der Waals surface area (Å²) in [5.41, 5.74) is 3.42. The summed E-state index contributed by atoms with van der Waals surface area (Å²) in [6.45, 7) is 0. The van der Waals surface area contributed by atoms with E-state index in [1.165, 1.54) is 21.5 Å². The zero-order chi connectivity index (χ0) is 20.0. The van der Waals surface area contributed by atoms with Crippen molar-refractivity contribution in [3.8, 4) is 0 Å². The van der Waals surface area contributed by atoms with Crippen LogP contribution < -0.4 is 0 Å². The standard InChI is InChI=1S/C26H12Br2O2/c27-19-10-23-25(15-7-3-1-5-13(15)19)17-9-18-22(12-21(17)29-23)30-24-11-20(28)14-6-2-4-8-16(14)26(18)24/h1-12H. The fourth-order valence-electron chi connectivity index (χ4n) is 4.69. The minimum Gasteiger partial charge on any atom is -0.456 e. The molecule has 2 heterocycles. The molecule has 0 amide bonds. The molecule has 0 bridgehead atoms. The lowest BCUT2D eigenvalue weighted by Crippen LogP contribution is -1.77. The van der Waals surface area contributed by atoms with Crippen molar-refractivity contribution in [3.05, 3.63) is 81.7 Å². The van der Waals surface area contributed by atoms with E-state index in [9.17, 15) is 0 Å². The number of benzene rings is 5. The van der Waals surface area contributed by atoms with Crippen molar-refractivity contribution in [2.75, 3.05) is 0 Å². The van der Waals surface area contributed by atoms with Crippen molar-refractivity contribution < 1.29 is 8.83 Å². The van der Waals surface area contributed by atoms with Gasteiger partial charge in [-0.15, -0.1) is 0 Å². The van der Waals surface area contributed by atoms with Gasteiger partial charge in [0, 0.05) is 36.6 Å². The molecule has 4 heteroatoms. The molecule has 7 rings (SSSR count). The first-order chi connectivity index (χ1) is 14.7. The fraction of sp³-hybridized carbons (Fsp3) is 0. The van der Waals surface area contributed by atoms with E-state index in [0.29, 0.717) is 0 Å². The number of hydrogen-bond acceptors (Lipinski definition) is 2. The molecule has 0 spiro atoms. The third-order valence-electron chi connectivity index (χ3n) is 5.98. The molecule has 0 aliphatic rings. The van der Waals surface area contributed by atoms with Crippen LogP contribution in [0.5, 0.6) is 0 Å². The highest BCUT2D eigenvalue weighted by atomic mass is 79.9. The third-order valence-corrected chi connectivity index (χ3v) is 7.29. The second kappa shape index (κ2) is 5.87. The predicted octanol–water partition coefficient (Wildman–Crippen LogP) is 9.32. The van der Waals surface area contributed by atoms with Crippen LogP contribution in [0.4, 0.5) is 0 Å². The first-order valence-corrected chi connectivity index (χ1v) is 11.2. The van der Waals surface area contributed by atoms with Crippen LogP contribution in [0.3, 0.4) is 0 Å². The number of furan rings is 2. The lowest BCUT2D eigenvalue weighted by atomic mass is 10.0. The number of rotatable bonds is 0. The van der Waals surface area contributed by atoms with Crippen molar-refractivity contribution >= 4 is 97.3 Å². The second-order valence-corrected chi connectivity index (χ2v) is 9.31. The molecule has 0 saturated heterocycles. The van der Waals surface area contributed by atoms with E-state index < -0.39 is 0 Å². The van der Waals surface area contributed by atoms with Gasteiger partial charge in [0.1, 0.15) is 22.3 Å². The lowest BCUT2D eigenvalue weighted by molar-refractivity contribution is 0.656. The molecular weight excluding hydrogens is 504 g/mol. The zero-order valence-corrected chi connectivity index (χ0v) is 18.7. The van der Waals surface area contributed by atoms with E-state index in [1.807, 2.05) is 6.07 Å². The highest BCUT2D eigenvalue weighted by Crippen LogP contribution is 2.43. The Labute approximate surface area is 187 Å². The molecule has 0 aliphatic carbocycles. The van der Waals surface area contributed by atoms with Gasteiger partial charge >= 0.3 is 0 Å². The summed E-state index contributed by atoms with van der Waals surface area (Å²) in [5, 5.41) is 9.22. The number of hydrogen-bond donors (Lipinski definition) is 0. The molecule has 0 aliphatic heterocycles. The van der Waals surface area contributed by atoms with Crippen LogP contribution >= 0.6 is 31.9 Å². The van der Waals surface area contributed by atoms with Crippen LogP contribution in [0, 0.1) is 0 Å². The molecule has 0 saturated carbocycles. The van der Waals surface area contributed by atoms with Crippen molar-refractivity contribution in [2.45, 2.75) is 0 Å². The van der Waals surface area contributed by atoms with Gasteiger partial charge in [-0.2, -0.15) is 0 Å². The van der Waals surface area contributed by atoms with Gasteiger partial charge in [-0.1, -0.05) is 80.4 Å². The Bertz CT molecular complexity index is 1690. The molecule has 0 atom stereocenters. The maximum absolute atomic E-state index is 6.26. The summed E-state index contributed by atoms with van der Waals surface area (Å²) in [6, 6.07) is 25.2. The Kier molecular flexibility index (Phi) is 3.31. The average Bonchev–Trinajstić information content (AvgIpc) is 3.29. The van der Waals surface area contributed by atoms with Gasteiger partial charge in [-0.25, -0.2) is 0 Å². The van der Waals surface area contributed by atoms with Crippen LogP contribution in [0.25, 0.3) is 65.4 Å². The smallest absolute Gasteiger partial charge is 0.139 e. The zero-order valence-electron chi connectivity index (χ0n) is 15.5. The average molecular weight is 516 g/mol. The van der Waals surface area contributed by atoms with Crippen molar-refractivity contribution in [1.29, 1.82) is 0 Å². The van der Waals surface area contributed by atoms with Gasteiger partial charge in [0.15, 0.2) is 0 Å². The molecule has 142 valence electrons. The van der Waals surface area contributed by atoms with E-state index >= 15 is 0 Å². The van der Waals surface area contributed by atoms with Crippen LogP contribution in [0.2, 0.25) is 0 Å². The van der Waals surface area contributed by atoms with Gasteiger partial charge in [-0.05, 0) is 39.7 Å². The SMILES string of the molecule is Brc1cc2oc3cc4oc5cc(Br)c6ccccc6c5c4cc3c2c2ccccc12. The summed E-state index contributed by atoms with van der Waals surface area (Å²) < 4.78 is 14.6. The predicted molar refractivity (Wildman–Crippen MR) is 131 cm³/mol. The topological polar surface area (TPSA) is 26.3 Å². The Morgan fingerprint density at radius 3 is 1.33 bits per heavy atom. The maximum Gasteiger partial charge on any atom is 0.139 e. The van der Waals surface area contributed by atoms with Crippen molar-refractivity contribution in [1.82, 2.24) is 0 Å². The Morgan fingerprint density at radius 2 is 0.867 bits per heavy atom. The minimum absolute atomic E-state index is 0.836. The van der Waals surface area contributed by atoms with E-state index in [-0.39, 0.29) is 0 Å². The number of halogens is 2. The largest absolute Gasteiger partial charge is 0.456 e. The van der Waals surface area contributed by atoms with Gasteiger partial charge < -0.3 is 8.83 Å². The first-order valence-electron chi connectivity index (χ1n) is 9.66. The Morgan fingerprint density at radius 1 is 0.433 bits per heavy atom. The van der Waals surface area contributed by atoms with Gasteiger partial charge in [0.25, 0.3) is 0 Å². The second-order valence-electron chi connectivity index (χ2n) is 7.60.